The smallest absolute Gasteiger partial charge is 0.317 e. The second-order valence-corrected chi connectivity index (χ2v) is 6.72. The second-order valence-electron chi connectivity index (χ2n) is 6.72. The molecule has 0 bridgehead atoms. The van der Waals surface area contributed by atoms with Crippen molar-refractivity contribution >= 4 is 12.0 Å². The zero-order valence-corrected chi connectivity index (χ0v) is 13.6. The van der Waals surface area contributed by atoms with Crippen LogP contribution in [0.2, 0.25) is 0 Å². The van der Waals surface area contributed by atoms with Crippen LogP contribution in [0.3, 0.4) is 0 Å². The number of rotatable bonds is 6. The van der Waals surface area contributed by atoms with Gasteiger partial charge in [-0.15, -0.1) is 0 Å². The standard InChI is InChI=1S/C16H28N2O4/c1-3-22-14-7-12(8-14)4-5-17-16(21)18-9-11(2)6-13(10-18)15(19)20/h11-14H,3-10H2,1-2H3,(H,17,21)(H,19,20). The summed E-state index contributed by atoms with van der Waals surface area (Å²) in [7, 11) is 0. The van der Waals surface area contributed by atoms with Crippen molar-refractivity contribution in [2.45, 2.75) is 45.6 Å². The van der Waals surface area contributed by atoms with E-state index in [9.17, 15) is 9.59 Å². The second kappa shape index (κ2) is 7.81. The summed E-state index contributed by atoms with van der Waals surface area (Å²) in [6, 6.07) is -0.126. The Morgan fingerprint density at radius 2 is 2.00 bits per heavy atom. The summed E-state index contributed by atoms with van der Waals surface area (Å²) < 4.78 is 5.53. The molecule has 0 aromatic heterocycles. The normalized spacial score (nSPS) is 31.5. The van der Waals surface area contributed by atoms with E-state index in [1.165, 1.54) is 0 Å². The first-order chi connectivity index (χ1) is 10.5. The molecule has 126 valence electrons. The van der Waals surface area contributed by atoms with Crippen LogP contribution in [0.5, 0.6) is 0 Å². The molecule has 2 atom stereocenters. The SMILES string of the molecule is CCOC1CC(CCNC(=O)N2CC(C)CC(C(=O)O)C2)C1. The quantitative estimate of drug-likeness (QED) is 0.785. The third-order valence-corrected chi connectivity index (χ3v) is 4.72. The molecule has 0 spiro atoms. The summed E-state index contributed by atoms with van der Waals surface area (Å²) in [6.07, 6.45) is 4.21. The largest absolute Gasteiger partial charge is 0.481 e. The maximum atomic E-state index is 12.2. The van der Waals surface area contributed by atoms with Crippen molar-refractivity contribution in [3.05, 3.63) is 0 Å². The Morgan fingerprint density at radius 3 is 2.64 bits per heavy atom. The molecule has 2 N–H and O–H groups in total. The van der Waals surface area contributed by atoms with Crippen molar-refractivity contribution in [1.82, 2.24) is 10.2 Å². The zero-order chi connectivity index (χ0) is 16.1. The van der Waals surface area contributed by atoms with Crippen LogP contribution in [-0.2, 0) is 9.53 Å². The van der Waals surface area contributed by atoms with E-state index < -0.39 is 11.9 Å². The first-order valence-corrected chi connectivity index (χ1v) is 8.36. The third-order valence-electron chi connectivity index (χ3n) is 4.72. The Kier molecular flexibility index (Phi) is 6.06. The number of piperidine rings is 1. The molecule has 1 heterocycles. The highest BCUT2D eigenvalue weighted by molar-refractivity contribution is 5.76. The maximum Gasteiger partial charge on any atom is 0.317 e. The van der Waals surface area contributed by atoms with Gasteiger partial charge in [-0.2, -0.15) is 0 Å². The van der Waals surface area contributed by atoms with E-state index in [-0.39, 0.29) is 11.9 Å². The highest BCUT2D eigenvalue weighted by atomic mass is 16.5. The summed E-state index contributed by atoms with van der Waals surface area (Å²) >= 11 is 0. The molecule has 0 aromatic carbocycles. The van der Waals surface area contributed by atoms with Crippen molar-refractivity contribution in [2.24, 2.45) is 17.8 Å². The number of carbonyl (C=O) groups excluding carboxylic acids is 1. The minimum absolute atomic E-state index is 0.126. The highest BCUT2D eigenvalue weighted by Crippen LogP contribution is 2.32. The average Bonchev–Trinajstić information content (AvgIpc) is 2.43. The lowest BCUT2D eigenvalue weighted by Crippen LogP contribution is -2.50. The van der Waals surface area contributed by atoms with Crippen molar-refractivity contribution in [2.75, 3.05) is 26.2 Å². The molecule has 2 amide bonds. The number of hydrogen-bond acceptors (Lipinski definition) is 3. The molecule has 1 saturated heterocycles. The topological polar surface area (TPSA) is 78.9 Å². The molecule has 0 radical (unpaired) electrons. The van der Waals surface area contributed by atoms with Gasteiger partial charge in [-0.1, -0.05) is 6.92 Å². The van der Waals surface area contributed by atoms with Gasteiger partial charge in [-0.05, 0) is 44.4 Å². The van der Waals surface area contributed by atoms with Crippen molar-refractivity contribution in [1.29, 1.82) is 0 Å². The number of carboxylic acids is 1. The molecule has 0 aromatic rings. The molecule has 2 rings (SSSR count). The number of hydrogen-bond donors (Lipinski definition) is 2. The Hall–Kier alpha value is -1.30. The van der Waals surface area contributed by atoms with Gasteiger partial charge in [0.1, 0.15) is 0 Å². The summed E-state index contributed by atoms with van der Waals surface area (Å²) in [5.74, 6) is -0.364. The van der Waals surface area contributed by atoms with Crippen molar-refractivity contribution < 1.29 is 19.4 Å². The fourth-order valence-electron chi connectivity index (χ4n) is 3.47. The molecule has 2 aliphatic rings. The molecular formula is C16H28N2O4. The van der Waals surface area contributed by atoms with E-state index in [1.807, 2.05) is 13.8 Å². The van der Waals surface area contributed by atoms with Crippen molar-refractivity contribution in [3.8, 4) is 0 Å². The van der Waals surface area contributed by atoms with E-state index >= 15 is 0 Å². The van der Waals surface area contributed by atoms with Crippen LogP contribution in [0.25, 0.3) is 0 Å². The lowest BCUT2D eigenvalue weighted by atomic mass is 9.80. The maximum absolute atomic E-state index is 12.2. The Morgan fingerprint density at radius 1 is 1.27 bits per heavy atom. The van der Waals surface area contributed by atoms with Crippen LogP contribution in [0, 0.1) is 17.8 Å². The Bertz CT molecular complexity index is 396. The fourth-order valence-corrected chi connectivity index (χ4v) is 3.47. The Balaban J connectivity index is 1.65. The van der Waals surface area contributed by atoms with Gasteiger partial charge in [0.15, 0.2) is 0 Å². The van der Waals surface area contributed by atoms with Gasteiger partial charge in [0.25, 0.3) is 0 Å². The average molecular weight is 312 g/mol. The molecular weight excluding hydrogens is 284 g/mol. The number of likely N-dealkylation sites (tertiary alicyclic amines) is 1. The monoisotopic (exact) mass is 312 g/mol. The van der Waals surface area contributed by atoms with Crippen molar-refractivity contribution in [3.63, 3.8) is 0 Å². The molecule has 1 aliphatic carbocycles. The number of carboxylic acid groups (broad SMARTS) is 1. The first kappa shape index (κ1) is 17.1. The van der Waals surface area contributed by atoms with Crippen LogP contribution < -0.4 is 5.32 Å². The van der Waals surface area contributed by atoms with Gasteiger partial charge in [0.2, 0.25) is 0 Å². The summed E-state index contributed by atoms with van der Waals surface area (Å²) in [5.41, 5.74) is 0. The van der Waals surface area contributed by atoms with Crippen LogP contribution in [0.4, 0.5) is 4.79 Å². The molecule has 22 heavy (non-hydrogen) atoms. The molecule has 1 aliphatic heterocycles. The number of carbonyl (C=O) groups is 2. The number of aliphatic carboxylic acids is 1. The molecule has 6 heteroatoms. The third kappa shape index (κ3) is 4.60. The number of nitrogens with zero attached hydrogens (tertiary/aromatic N) is 1. The lowest BCUT2D eigenvalue weighted by molar-refractivity contribution is -0.143. The van der Waals surface area contributed by atoms with Gasteiger partial charge in [-0.3, -0.25) is 4.79 Å². The zero-order valence-electron chi connectivity index (χ0n) is 13.6. The van der Waals surface area contributed by atoms with Crippen LogP contribution >= 0.6 is 0 Å². The summed E-state index contributed by atoms with van der Waals surface area (Å²) in [5, 5.41) is 12.1. The van der Waals surface area contributed by atoms with E-state index in [4.69, 9.17) is 9.84 Å². The summed E-state index contributed by atoms with van der Waals surface area (Å²) in [6.45, 7) is 6.40. The van der Waals surface area contributed by atoms with E-state index in [0.29, 0.717) is 38.1 Å². The predicted molar refractivity (Wildman–Crippen MR) is 82.6 cm³/mol. The van der Waals surface area contributed by atoms with Crippen LogP contribution in [0.15, 0.2) is 0 Å². The number of urea groups is 1. The minimum atomic E-state index is -0.805. The van der Waals surface area contributed by atoms with Gasteiger partial charge >= 0.3 is 12.0 Å². The van der Waals surface area contributed by atoms with Gasteiger partial charge in [-0.25, -0.2) is 4.79 Å². The van der Waals surface area contributed by atoms with Gasteiger partial charge in [0, 0.05) is 26.2 Å². The number of nitrogens with one attached hydrogen (secondary N) is 1. The molecule has 2 fully saturated rings. The number of ether oxygens (including phenoxy) is 1. The minimum Gasteiger partial charge on any atom is -0.481 e. The van der Waals surface area contributed by atoms with Gasteiger partial charge < -0.3 is 20.1 Å². The van der Waals surface area contributed by atoms with Crippen LogP contribution in [0.1, 0.15) is 39.5 Å². The molecule has 2 unspecified atom stereocenters. The fraction of sp³-hybridized carbons (Fsp3) is 0.875. The van der Waals surface area contributed by atoms with Crippen LogP contribution in [-0.4, -0.2) is 54.4 Å². The predicted octanol–water partition coefficient (Wildman–Crippen LogP) is 1.94. The summed E-state index contributed by atoms with van der Waals surface area (Å²) in [4.78, 5) is 24.9. The Labute approximate surface area is 132 Å². The van der Waals surface area contributed by atoms with E-state index in [0.717, 1.165) is 25.9 Å². The lowest BCUT2D eigenvalue weighted by Gasteiger charge is -2.36. The highest BCUT2D eigenvalue weighted by Gasteiger charge is 2.32. The first-order valence-electron chi connectivity index (χ1n) is 8.36. The van der Waals surface area contributed by atoms with Gasteiger partial charge in [0.05, 0.1) is 12.0 Å². The van der Waals surface area contributed by atoms with E-state index in [2.05, 4.69) is 5.32 Å². The number of amides is 2. The van der Waals surface area contributed by atoms with E-state index in [1.54, 1.807) is 4.90 Å². The molecule has 6 nitrogen and oxygen atoms in total. The molecule has 1 saturated carbocycles.